The smallest absolute Gasteiger partial charge is 0.0331 e. The van der Waals surface area contributed by atoms with E-state index in [4.69, 9.17) is 0 Å². The van der Waals surface area contributed by atoms with Gasteiger partial charge in [0.25, 0.3) is 0 Å². The van der Waals surface area contributed by atoms with Gasteiger partial charge in [0.1, 0.15) is 0 Å². The monoisotopic (exact) mass is 345 g/mol. The second-order valence-electron chi connectivity index (χ2n) is 5.51. The molecule has 1 atom stereocenters. The number of aryl methyl sites for hydroxylation is 2. The van der Waals surface area contributed by atoms with Crippen molar-refractivity contribution in [3.05, 3.63) is 69.7 Å². The lowest BCUT2D eigenvalue weighted by atomic mass is 9.98. The first-order chi connectivity index (χ1) is 10.2. The van der Waals surface area contributed by atoms with E-state index in [9.17, 15) is 0 Å². The maximum atomic E-state index is 3.71. The minimum absolute atomic E-state index is 0.425. The zero-order chi connectivity index (χ0) is 15.1. The van der Waals surface area contributed by atoms with Crippen molar-refractivity contribution in [3.8, 4) is 0 Å². The second kappa shape index (κ2) is 8.35. The second-order valence-corrected chi connectivity index (χ2v) is 6.37. The van der Waals surface area contributed by atoms with E-state index < -0.39 is 0 Å². The summed E-state index contributed by atoms with van der Waals surface area (Å²) in [6, 6.07) is 17.8. The molecule has 0 bridgehead atoms. The molecule has 1 N–H and O–H groups in total. The van der Waals surface area contributed by atoms with Gasteiger partial charge in [-0.3, -0.25) is 0 Å². The van der Waals surface area contributed by atoms with Crippen LogP contribution in [0.4, 0.5) is 0 Å². The van der Waals surface area contributed by atoms with Gasteiger partial charge < -0.3 is 5.32 Å². The van der Waals surface area contributed by atoms with Crippen molar-refractivity contribution < 1.29 is 0 Å². The molecule has 2 aromatic carbocycles. The molecule has 2 rings (SSSR count). The highest BCUT2D eigenvalue weighted by Gasteiger charge is 2.13. The van der Waals surface area contributed by atoms with E-state index in [-0.39, 0.29) is 0 Å². The van der Waals surface area contributed by atoms with Gasteiger partial charge in [-0.15, -0.1) is 0 Å². The van der Waals surface area contributed by atoms with Crippen molar-refractivity contribution in [2.24, 2.45) is 0 Å². The maximum absolute atomic E-state index is 3.71. The third kappa shape index (κ3) is 4.98. The molecular formula is C19H24BrN. The van der Waals surface area contributed by atoms with Gasteiger partial charge in [-0.1, -0.05) is 65.3 Å². The largest absolute Gasteiger partial charge is 0.310 e. The number of nitrogens with one attached hydrogen (secondary N) is 1. The molecule has 0 aromatic heterocycles. The Balaban J connectivity index is 1.98. The molecule has 0 aliphatic carbocycles. The Morgan fingerprint density at radius 1 is 1.10 bits per heavy atom. The molecule has 0 spiro atoms. The van der Waals surface area contributed by atoms with Crippen molar-refractivity contribution in [2.75, 3.05) is 6.54 Å². The summed E-state index contributed by atoms with van der Waals surface area (Å²) < 4.78 is 1.22. The van der Waals surface area contributed by atoms with Gasteiger partial charge in [-0.05, 0) is 55.5 Å². The van der Waals surface area contributed by atoms with Gasteiger partial charge in [0, 0.05) is 10.5 Å². The lowest BCUT2D eigenvalue weighted by molar-refractivity contribution is 0.496. The number of rotatable bonds is 7. The van der Waals surface area contributed by atoms with E-state index in [2.05, 4.69) is 83.6 Å². The van der Waals surface area contributed by atoms with Gasteiger partial charge in [-0.2, -0.15) is 0 Å². The molecule has 1 unspecified atom stereocenters. The van der Waals surface area contributed by atoms with E-state index in [1.807, 2.05) is 0 Å². The molecule has 0 saturated heterocycles. The highest BCUT2D eigenvalue weighted by Crippen LogP contribution is 2.28. The van der Waals surface area contributed by atoms with Crippen LogP contribution in [0.1, 0.15) is 42.5 Å². The molecule has 0 heterocycles. The van der Waals surface area contributed by atoms with Gasteiger partial charge in [0.2, 0.25) is 0 Å². The van der Waals surface area contributed by atoms with Gasteiger partial charge in [-0.25, -0.2) is 0 Å². The van der Waals surface area contributed by atoms with Crippen LogP contribution in [0.5, 0.6) is 0 Å². The van der Waals surface area contributed by atoms with Gasteiger partial charge in [0.15, 0.2) is 0 Å². The number of halogens is 1. The minimum Gasteiger partial charge on any atom is -0.310 e. The van der Waals surface area contributed by atoms with Crippen molar-refractivity contribution >= 4 is 15.9 Å². The number of benzene rings is 2. The van der Waals surface area contributed by atoms with Crippen molar-refractivity contribution in [2.45, 2.75) is 39.2 Å². The topological polar surface area (TPSA) is 12.0 Å². The SMILES string of the molecule is CCNC(CCCc1ccccc1)c1ccc(C)cc1Br. The van der Waals surface area contributed by atoms with Crippen LogP contribution in [0.2, 0.25) is 0 Å². The molecule has 2 aromatic rings. The van der Waals surface area contributed by atoms with Gasteiger partial charge in [0.05, 0.1) is 0 Å². The Morgan fingerprint density at radius 3 is 2.52 bits per heavy atom. The van der Waals surface area contributed by atoms with E-state index in [1.54, 1.807) is 0 Å². The molecule has 2 heteroatoms. The molecule has 21 heavy (non-hydrogen) atoms. The van der Waals surface area contributed by atoms with E-state index in [1.165, 1.54) is 27.6 Å². The summed E-state index contributed by atoms with van der Waals surface area (Å²) in [7, 11) is 0. The van der Waals surface area contributed by atoms with Crippen LogP contribution >= 0.6 is 15.9 Å². The maximum Gasteiger partial charge on any atom is 0.0331 e. The normalized spacial score (nSPS) is 12.3. The molecule has 0 amide bonds. The molecular weight excluding hydrogens is 322 g/mol. The minimum atomic E-state index is 0.425. The number of hydrogen-bond acceptors (Lipinski definition) is 1. The quantitative estimate of drug-likeness (QED) is 0.705. The van der Waals surface area contributed by atoms with Crippen LogP contribution in [0.3, 0.4) is 0 Å². The van der Waals surface area contributed by atoms with E-state index in [0.29, 0.717) is 6.04 Å². The highest BCUT2D eigenvalue weighted by molar-refractivity contribution is 9.10. The standard InChI is InChI=1S/C19H24BrN/c1-3-21-19(17-13-12-15(2)14-18(17)20)11-7-10-16-8-5-4-6-9-16/h4-6,8-9,12-14,19,21H,3,7,10-11H2,1-2H3. The molecule has 0 aliphatic heterocycles. The van der Waals surface area contributed by atoms with Gasteiger partial charge >= 0.3 is 0 Å². The Morgan fingerprint density at radius 2 is 1.86 bits per heavy atom. The molecule has 1 nitrogen and oxygen atoms in total. The fourth-order valence-electron chi connectivity index (χ4n) is 2.68. The van der Waals surface area contributed by atoms with Crippen molar-refractivity contribution in [3.63, 3.8) is 0 Å². The summed E-state index contributed by atoms with van der Waals surface area (Å²) in [4.78, 5) is 0. The summed E-state index contributed by atoms with van der Waals surface area (Å²) in [5, 5.41) is 3.62. The van der Waals surface area contributed by atoms with Crippen molar-refractivity contribution in [1.29, 1.82) is 0 Å². The van der Waals surface area contributed by atoms with E-state index >= 15 is 0 Å². The first-order valence-electron chi connectivity index (χ1n) is 7.74. The zero-order valence-corrected chi connectivity index (χ0v) is 14.5. The zero-order valence-electron chi connectivity index (χ0n) is 12.9. The van der Waals surface area contributed by atoms with E-state index in [0.717, 1.165) is 19.4 Å². The highest BCUT2D eigenvalue weighted by atomic mass is 79.9. The summed E-state index contributed by atoms with van der Waals surface area (Å²) in [6.45, 7) is 5.30. The Bertz CT molecular complexity index is 551. The average molecular weight is 346 g/mol. The summed E-state index contributed by atoms with van der Waals surface area (Å²) in [5.41, 5.74) is 4.09. The van der Waals surface area contributed by atoms with Crippen LogP contribution in [0, 0.1) is 6.92 Å². The fraction of sp³-hybridized carbons (Fsp3) is 0.368. The third-order valence-corrected chi connectivity index (χ3v) is 4.47. The predicted molar refractivity (Wildman–Crippen MR) is 94.7 cm³/mol. The fourth-order valence-corrected chi connectivity index (χ4v) is 3.45. The molecule has 0 saturated carbocycles. The summed E-state index contributed by atoms with van der Waals surface area (Å²) in [6.07, 6.45) is 3.50. The van der Waals surface area contributed by atoms with Crippen LogP contribution in [0.25, 0.3) is 0 Å². The average Bonchev–Trinajstić information content (AvgIpc) is 2.48. The third-order valence-electron chi connectivity index (χ3n) is 3.78. The van der Waals surface area contributed by atoms with Crippen LogP contribution in [-0.4, -0.2) is 6.54 Å². The molecule has 0 aliphatic rings. The molecule has 0 radical (unpaired) electrons. The summed E-state index contributed by atoms with van der Waals surface area (Å²) in [5.74, 6) is 0. The van der Waals surface area contributed by atoms with Crippen molar-refractivity contribution in [1.82, 2.24) is 5.32 Å². The predicted octanol–water partition coefficient (Wildman–Crippen LogP) is 5.43. The Labute approximate surface area is 136 Å². The van der Waals surface area contributed by atoms with Crippen LogP contribution in [0.15, 0.2) is 53.0 Å². The lowest BCUT2D eigenvalue weighted by Crippen LogP contribution is -2.21. The molecule has 0 fully saturated rings. The van der Waals surface area contributed by atoms with Crippen LogP contribution in [-0.2, 0) is 6.42 Å². The number of hydrogen-bond donors (Lipinski definition) is 1. The molecule has 112 valence electrons. The first kappa shape index (κ1) is 16.3. The Hall–Kier alpha value is -1.12. The summed E-state index contributed by atoms with van der Waals surface area (Å²) >= 11 is 3.71. The van der Waals surface area contributed by atoms with Crippen LogP contribution < -0.4 is 5.32 Å². The lowest BCUT2D eigenvalue weighted by Gasteiger charge is -2.20. The Kier molecular flexibility index (Phi) is 6.47. The first-order valence-corrected chi connectivity index (χ1v) is 8.53.